The Morgan fingerprint density at radius 1 is 1.19 bits per heavy atom. The van der Waals surface area contributed by atoms with Gasteiger partial charge in [-0.2, -0.15) is 0 Å². The second-order valence-corrected chi connectivity index (χ2v) is 7.63. The maximum atomic E-state index is 13.5. The number of nitrogens with zero attached hydrogens (tertiary/aromatic N) is 3. The highest BCUT2D eigenvalue weighted by molar-refractivity contribution is 5.81. The SMILES string of the molecule is O=C(C1CC1)N(Cc1nccn1Cc1cccc(F)c1)C1CCCCC1. The number of aromatic nitrogens is 2. The minimum absolute atomic E-state index is 0.225. The Morgan fingerprint density at radius 3 is 2.73 bits per heavy atom. The van der Waals surface area contributed by atoms with E-state index in [9.17, 15) is 9.18 Å². The molecule has 4 nitrogen and oxygen atoms in total. The first-order valence-electron chi connectivity index (χ1n) is 9.75. The first-order valence-corrected chi connectivity index (χ1v) is 9.75. The topological polar surface area (TPSA) is 38.1 Å². The number of carbonyl (C=O) groups excluding carboxylic acids is 1. The summed E-state index contributed by atoms with van der Waals surface area (Å²) in [6.45, 7) is 1.13. The van der Waals surface area contributed by atoms with Crippen molar-refractivity contribution < 1.29 is 9.18 Å². The third-order valence-electron chi connectivity index (χ3n) is 5.58. The second-order valence-electron chi connectivity index (χ2n) is 7.63. The van der Waals surface area contributed by atoms with E-state index < -0.39 is 0 Å². The van der Waals surface area contributed by atoms with Gasteiger partial charge >= 0.3 is 0 Å². The Balaban J connectivity index is 1.52. The van der Waals surface area contributed by atoms with Crippen LogP contribution in [0.3, 0.4) is 0 Å². The molecule has 1 heterocycles. The number of imidazole rings is 1. The Hall–Kier alpha value is -2.17. The Bertz CT molecular complexity index is 762. The Morgan fingerprint density at radius 2 is 2.00 bits per heavy atom. The van der Waals surface area contributed by atoms with Crippen molar-refractivity contribution in [1.82, 2.24) is 14.5 Å². The maximum absolute atomic E-state index is 13.5. The first kappa shape index (κ1) is 17.3. The van der Waals surface area contributed by atoms with Crippen molar-refractivity contribution in [2.75, 3.05) is 0 Å². The quantitative estimate of drug-likeness (QED) is 0.781. The number of hydrogen-bond acceptors (Lipinski definition) is 2. The van der Waals surface area contributed by atoms with Crippen LogP contribution in [0.4, 0.5) is 4.39 Å². The molecule has 0 aliphatic heterocycles. The normalized spacial score (nSPS) is 18.0. The third kappa shape index (κ3) is 3.97. The molecule has 0 N–H and O–H groups in total. The number of rotatable bonds is 6. The summed E-state index contributed by atoms with van der Waals surface area (Å²) < 4.78 is 15.5. The molecular weight excluding hydrogens is 329 g/mol. The molecule has 138 valence electrons. The highest BCUT2D eigenvalue weighted by Gasteiger charge is 2.37. The van der Waals surface area contributed by atoms with Gasteiger partial charge in [0.1, 0.15) is 11.6 Å². The van der Waals surface area contributed by atoms with Crippen LogP contribution in [0.1, 0.15) is 56.3 Å². The van der Waals surface area contributed by atoms with Crippen LogP contribution < -0.4 is 0 Å². The molecule has 0 unspecified atom stereocenters. The minimum atomic E-state index is -0.225. The molecule has 1 amide bonds. The highest BCUT2D eigenvalue weighted by Crippen LogP contribution is 2.34. The van der Waals surface area contributed by atoms with E-state index in [0.29, 0.717) is 25.0 Å². The number of amides is 1. The predicted molar refractivity (Wildman–Crippen MR) is 97.9 cm³/mol. The molecule has 1 aromatic heterocycles. The fraction of sp³-hybridized carbons (Fsp3) is 0.524. The summed E-state index contributed by atoms with van der Waals surface area (Å²) in [5.41, 5.74) is 0.905. The zero-order chi connectivity index (χ0) is 17.9. The lowest BCUT2D eigenvalue weighted by Crippen LogP contribution is -2.42. The average Bonchev–Trinajstić information content (AvgIpc) is 3.42. The molecule has 0 saturated heterocycles. The molecule has 1 aromatic carbocycles. The Kier molecular flexibility index (Phi) is 5.05. The van der Waals surface area contributed by atoms with E-state index >= 15 is 0 Å². The van der Waals surface area contributed by atoms with Gasteiger partial charge < -0.3 is 9.47 Å². The van der Waals surface area contributed by atoms with E-state index in [1.54, 1.807) is 18.3 Å². The molecule has 5 heteroatoms. The third-order valence-corrected chi connectivity index (χ3v) is 5.58. The van der Waals surface area contributed by atoms with Gasteiger partial charge in [-0.25, -0.2) is 9.37 Å². The lowest BCUT2D eigenvalue weighted by molar-refractivity contribution is -0.136. The molecule has 0 bridgehead atoms. The lowest BCUT2D eigenvalue weighted by Gasteiger charge is -2.34. The van der Waals surface area contributed by atoms with Crippen molar-refractivity contribution in [1.29, 1.82) is 0 Å². The van der Waals surface area contributed by atoms with Gasteiger partial charge in [-0.3, -0.25) is 4.79 Å². The van der Waals surface area contributed by atoms with Crippen LogP contribution in [-0.2, 0) is 17.9 Å². The molecule has 2 saturated carbocycles. The van der Waals surface area contributed by atoms with Crippen LogP contribution in [0.25, 0.3) is 0 Å². The minimum Gasteiger partial charge on any atom is -0.332 e. The summed E-state index contributed by atoms with van der Waals surface area (Å²) in [6, 6.07) is 7.00. The number of carbonyl (C=O) groups is 1. The van der Waals surface area contributed by atoms with Gasteiger partial charge in [0.15, 0.2) is 0 Å². The van der Waals surface area contributed by atoms with Crippen LogP contribution in [-0.4, -0.2) is 26.4 Å². The van der Waals surface area contributed by atoms with E-state index in [2.05, 4.69) is 9.88 Å². The monoisotopic (exact) mass is 355 g/mol. The zero-order valence-corrected chi connectivity index (χ0v) is 15.1. The zero-order valence-electron chi connectivity index (χ0n) is 15.1. The van der Waals surface area contributed by atoms with Gasteiger partial charge in [0.2, 0.25) is 5.91 Å². The van der Waals surface area contributed by atoms with Crippen LogP contribution in [0, 0.1) is 11.7 Å². The average molecular weight is 355 g/mol. The smallest absolute Gasteiger partial charge is 0.226 e. The van der Waals surface area contributed by atoms with Crippen molar-refractivity contribution in [3.8, 4) is 0 Å². The van der Waals surface area contributed by atoms with Gasteiger partial charge in [0, 0.05) is 30.9 Å². The van der Waals surface area contributed by atoms with E-state index in [0.717, 1.165) is 37.1 Å². The number of hydrogen-bond donors (Lipinski definition) is 0. The molecule has 0 spiro atoms. The molecule has 2 aromatic rings. The van der Waals surface area contributed by atoms with Gasteiger partial charge in [-0.1, -0.05) is 31.4 Å². The van der Waals surface area contributed by atoms with Crippen molar-refractivity contribution in [2.45, 2.75) is 64.1 Å². The van der Waals surface area contributed by atoms with Crippen LogP contribution in [0.5, 0.6) is 0 Å². The van der Waals surface area contributed by atoms with E-state index in [1.807, 2.05) is 16.8 Å². The maximum Gasteiger partial charge on any atom is 0.226 e. The molecular formula is C21H26FN3O. The van der Waals surface area contributed by atoms with Crippen molar-refractivity contribution in [2.24, 2.45) is 5.92 Å². The fourth-order valence-corrected chi connectivity index (χ4v) is 3.96. The fourth-order valence-electron chi connectivity index (χ4n) is 3.96. The summed E-state index contributed by atoms with van der Waals surface area (Å²) >= 11 is 0. The largest absolute Gasteiger partial charge is 0.332 e. The lowest BCUT2D eigenvalue weighted by atomic mass is 9.94. The summed E-state index contributed by atoms with van der Waals surface area (Å²) in [4.78, 5) is 19.5. The highest BCUT2D eigenvalue weighted by atomic mass is 19.1. The van der Waals surface area contributed by atoms with E-state index in [4.69, 9.17) is 0 Å². The van der Waals surface area contributed by atoms with Crippen LogP contribution in [0.2, 0.25) is 0 Å². The number of benzene rings is 1. The molecule has 26 heavy (non-hydrogen) atoms. The number of halogens is 1. The van der Waals surface area contributed by atoms with Crippen molar-refractivity contribution in [3.63, 3.8) is 0 Å². The summed E-state index contributed by atoms with van der Waals surface area (Å²) in [6.07, 6.45) is 11.6. The van der Waals surface area contributed by atoms with E-state index in [-0.39, 0.29) is 11.7 Å². The van der Waals surface area contributed by atoms with Crippen LogP contribution in [0.15, 0.2) is 36.7 Å². The molecule has 2 fully saturated rings. The molecule has 0 atom stereocenters. The second kappa shape index (κ2) is 7.60. The molecule has 4 rings (SSSR count). The first-order chi connectivity index (χ1) is 12.7. The molecule has 2 aliphatic rings. The van der Waals surface area contributed by atoms with Crippen LogP contribution >= 0.6 is 0 Å². The standard InChI is InChI=1S/C21H26FN3O/c22-18-6-4-5-16(13-18)14-24-12-11-23-20(24)15-25(21(26)17-9-10-17)19-7-2-1-3-8-19/h4-6,11-13,17,19H,1-3,7-10,14-15H2. The molecule has 2 aliphatic carbocycles. The predicted octanol–water partition coefficient (Wildman–Crippen LogP) is 4.14. The summed E-state index contributed by atoms with van der Waals surface area (Å²) in [7, 11) is 0. The summed E-state index contributed by atoms with van der Waals surface area (Å²) in [5.74, 6) is 1.19. The van der Waals surface area contributed by atoms with E-state index in [1.165, 1.54) is 25.3 Å². The van der Waals surface area contributed by atoms with Gasteiger partial charge in [0.05, 0.1) is 6.54 Å². The molecule has 0 radical (unpaired) electrons. The summed E-state index contributed by atoms with van der Waals surface area (Å²) in [5, 5.41) is 0. The Labute approximate surface area is 154 Å². The van der Waals surface area contributed by atoms with Crippen molar-refractivity contribution in [3.05, 3.63) is 53.9 Å². The van der Waals surface area contributed by atoms with Gasteiger partial charge in [-0.15, -0.1) is 0 Å². The van der Waals surface area contributed by atoms with Gasteiger partial charge in [0.25, 0.3) is 0 Å². The van der Waals surface area contributed by atoms with Crippen molar-refractivity contribution >= 4 is 5.91 Å². The van der Waals surface area contributed by atoms with Gasteiger partial charge in [-0.05, 0) is 43.4 Å².